The van der Waals surface area contributed by atoms with E-state index >= 15 is 0 Å². The maximum atomic E-state index is 13.0. The molecule has 0 aliphatic carbocycles. The lowest BCUT2D eigenvalue weighted by Gasteiger charge is -2.32. The first kappa shape index (κ1) is 34.7. The minimum Gasteiger partial charge on any atom is -0.289 e. The van der Waals surface area contributed by atoms with E-state index in [-0.39, 0.29) is 27.8 Å². The molecule has 0 amide bonds. The molecule has 2 nitrogen and oxygen atoms in total. The molecule has 2 heteroatoms. The minimum absolute atomic E-state index is 0.00952. The Bertz CT molecular complexity index is 1560. The van der Waals surface area contributed by atoms with Gasteiger partial charge in [0.1, 0.15) is 0 Å². The van der Waals surface area contributed by atoms with Crippen LogP contribution in [0.15, 0.2) is 97.1 Å². The van der Waals surface area contributed by atoms with Crippen molar-refractivity contribution in [3.8, 4) is 0 Å². The Labute approximate surface area is 267 Å². The average Bonchev–Trinajstić information content (AvgIpc) is 2.99. The second-order valence-electron chi connectivity index (χ2n) is 14.9. The van der Waals surface area contributed by atoms with Gasteiger partial charge >= 0.3 is 0 Å². The Hall–Kier alpha value is -3.78. The summed E-state index contributed by atoms with van der Waals surface area (Å²) >= 11 is 0. The van der Waals surface area contributed by atoms with Gasteiger partial charge in [-0.05, 0) is 50.8 Å². The van der Waals surface area contributed by atoms with E-state index in [1.165, 1.54) is 16.7 Å². The summed E-state index contributed by atoms with van der Waals surface area (Å²) in [4.78, 5) is 26.0. The van der Waals surface area contributed by atoms with Crippen molar-refractivity contribution in [2.45, 2.75) is 105 Å². The van der Waals surface area contributed by atoms with Crippen LogP contribution in [0.4, 0.5) is 0 Å². The van der Waals surface area contributed by atoms with E-state index in [1.807, 2.05) is 84.9 Å². The number of benzene rings is 4. The van der Waals surface area contributed by atoms with E-state index in [0.29, 0.717) is 5.92 Å². The van der Waals surface area contributed by atoms with Gasteiger partial charge in [0.25, 0.3) is 0 Å². The summed E-state index contributed by atoms with van der Waals surface area (Å²) in [7, 11) is 0. The highest BCUT2D eigenvalue weighted by atomic mass is 16.1. The molecule has 0 aliphatic rings. The van der Waals surface area contributed by atoms with Crippen molar-refractivity contribution in [3.63, 3.8) is 0 Å². The van der Waals surface area contributed by atoms with Crippen LogP contribution >= 0.6 is 0 Å². The molecule has 0 aliphatic heterocycles. The first-order chi connectivity index (χ1) is 20.5. The van der Waals surface area contributed by atoms with Gasteiger partial charge in [0, 0.05) is 22.3 Å². The SMILES string of the molecule is CC(C)(C)c1cccc(C(=O)c2ccccc2)c1C(C)(C)C.CCC(C)c1c(C(=O)c2ccccc2)cccc1C(C)(C)C. The normalized spacial score (nSPS) is 12.6. The van der Waals surface area contributed by atoms with Crippen LogP contribution in [-0.4, -0.2) is 11.6 Å². The van der Waals surface area contributed by atoms with Crippen molar-refractivity contribution in [1.82, 2.24) is 0 Å². The molecule has 1 unspecified atom stereocenters. The number of carbonyl (C=O) groups excluding carboxylic acids is 2. The summed E-state index contributed by atoms with van der Waals surface area (Å²) in [5, 5.41) is 0. The van der Waals surface area contributed by atoms with Crippen molar-refractivity contribution < 1.29 is 9.59 Å². The summed E-state index contributed by atoms with van der Waals surface area (Å²) < 4.78 is 0. The van der Waals surface area contributed by atoms with Crippen LogP contribution in [0.2, 0.25) is 0 Å². The van der Waals surface area contributed by atoms with Crippen LogP contribution in [0.25, 0.3) is 0 Å². The first-order valence-electron chi connectivity index (χ1n) is 15.9. The highest BCUT2D eigenvalue weighted by Gasteiger charge is 2.30. The molecule has 4 aromatic rings. The average molecular weight is 589 g/mol. The molecular formula is C42H52O2. The zero-order valence-electron chi connectivity index (χ0n) is 28.8. The Kier molecular flexibility index (Phi) is 11.0. The minimum atomic E-state index is -0.0797. The van der Waals surface area contributed by atoms with Crippen LogP contribution in [0, 0.1) is 0 Å². The molecule has 0 radical (unpaired) electrons. The van der Waals surface area contributed by atoms with Gasteiger partial charge in [-0.25, -0.2) is 0 Å². The summed E-state index contributed by atoms with van der Waals surface area (Å²) in [6.45, 7) is 24.2. The summed E-state index contributed by atoms with van der Waals surface area (Å²) in [5.41, 5.74) is 8.06. The largest absolute Gasteiger partial charge is 0.289 e. The summed E-state index contributed by atoms with van der Waals surface area (Å²) in [5.74, 6) is 0.608. The molecule has 0 spiro atoms. The van der Waals surface area contributed by atoms with Crippen molar-refractivity contribution in [2.75, 3.05) is 0 Å². The molecule has 0 aromatic heterocycles. The Morgan fingerprint density at radius 2 is 0.932 bits per heavy atom. The van der Waals surface area contributed by atoms with Crippen LogP contribution in [-0.2, 0) is 16.2 Å². The predicted octanol–water partition coefficient (Wildman–Crippen LogP) is 11.2. The quantitative estimate of drug-likeness (QED) is 0.210. The fraction of sp³-hybridized carbons (Fsp3) is 0.381. The maximum Gasteiger partial charge on any atom is 0.193 e. The fourth-order valence-corrected chi connectivity index (χ4v) is 5.82. The van der Waals surface area contributed by atoms with Gasteiger partial charge in [-0.1, -0.05) is 173 Å². The number of ketones is 2. The maximum absolute atomic E-state index is 13.0. The lowest BCUT2D eigenvalue weighted by Crippen LogP contribution is -2.25. The van der Waals surface area contributed by atoms with E-state index < -0.39 is 0 Å². The van der Waals surface area contributed by atoms with Gasteiger partial charge in [-0.3, -0.25) is 9.59 Å². The van der Waals surface area contributed by atoms with Crippen LogP contribution < -0.4 is 0 Å². The highest BCUT2D eigenvalue weighted by molar-refractivity contribution is 6.11. The van der Waals surface area contributed by atoms with Gasteiger partial charge in [0.05, 0.1) is 0 Å². The fourth-order valence-electron chi connectivity index (χ4n) is 5.82. The molecule has 0 saturated heterocycles. The molecule has 4 aromatic carbocycles. The first-order valence-corrected chi connectivity index (χ1v) is 15.9. The molecule has 44 heavy (non-hydrogen) atoms. The van der Waals surface area contributed by atoms with Gasteiger partial charge in [0.15, 0.2) is 11.6 Å². The van der Waals surface area contributed by atoms with Crippen LogP contribution in [0.1, 0.15) is 143 Å². The smallest absolute Gasteiger partial charge is 0.193 e. The van der Waals surface area contributed by atoms with Gasteiger partial charge in [-0.15, -0.1) is 0 Å². The zero-order chi connectivity index (χ0) is 32.9. The third-order valence-electron chi connectivity index (χ3n) is 8.20. The molecule has 0 bridgehead atoms. The van der Waals surface area contributed by atoms with Crippen molar-refractivity contribution in [1.29, 1.82) is 0 Å². The van der Waals surface area contributed by atoms with Gasteiger partial charge < -0.3 is 0 Å². The third-order valence-corrected chi connectivity index (χ3v) is 8.20. The summed E-state index contributed by atoms with van der Waals surface area (Å²) in [6, 6.07) is 31.4. The molecule has 1 atom stereocenters. The predicted molar refractivity (Wildman–Crippen MR) is 187 cm³/mol. The lowest BCUT2D eigenvalue weighted by molar-refractivity contribution is 0.102. The number of hydrogen-bond acceptors (Lipinski definition) is 2. The Balaban J connectivity index is 0.000000240. The van der Waals surface area contributed by atoms with Crippen LogP contribution in [0.3, 0.4) is 0 Å². The molecule has 232 valence electrons. The topological polar surface area (TPSA) is 34.1 Å². The van der Waals surface area contributed by atoms with E-state index in [9.17, 15) is 9.59 Å². The van der Waals surface area contributed by atoms with Crippen molar-refractivity contribution in [3.05, 3.63) is 142 Å². The number of rotatable bonds is 6. The van der Waals surface area contributed by atoms with E-state index in [2.05, 4.69) is 88.3 Å². The van der Waals surface area contributed by atoms with Gasteiger partial charge in [0.2, 0.25) is 0 Å². The van der Waals surface area contributed by atoms with Crippen molar-refractivity contribution in [2.24, 2.45) is 0 Å². The standard InChI is InChI=1S/2C21H26O/c1-20(2,3)17-14-10-13-16(18(17)21(4,5)6)19(22)15-11-8-7-9-12-15;1-6-15(2)19-17(13-10-14-18(19)21(3,4)5)20(22)16-11-8-7-9-12-16/h7-14H,1-6H3;7-15H,6H2,1-5H3. The molecule has 0 N–H and O–H groups in total. The molecule has 0 fully saturated rings. The molecular weight excluding hydrogens is 536 g/mol. The van der Waals surface area contributed by atoms with Gasteiger partial charge in [-0.2, -0.15) is 0 Å². The lowest BCUT2D eigenvalue weighted by atomic mass is 9.72. The number of carbonyl (C=O) groups is 2. The van der Waals surface area contributed by atoms with E-state index in [4.69, 9.17) is 0 Å². The van der Waals surface area contributed by atoms with Crippen molar-refractivity contribution >= 4 is 11.6 Å². The third kappa shape index (κ3) is 8.23. The Morgan fingerprint density at radius 1 is 0.523 bits per heavy atom. The second kappa shape index (κ2) is 13.9. The summed E-state index contributed by atoms with van der Waals surface area (Å²) in [6.07, 6.45) is 1.03. The molecule has 0 heterocycles. The van der Waals surface area contributed by atoms with Crippen LogP contribution in [0.5, 0.6) is 0 Å². The molecule has 0 saturated carbocycles. The highest BCUT2D eigenvalue weighted by Crippen LogP contribution is 2.37. The monoisotopic (exact) mass is 588 g/mol. The number of hydrogen-bond donors (Lipinski definition) is 0. The Morgan fingerprint density at radius 3 is 1.34 bits per heavy atom. The second-order valence-corrected chi connectivity index (χ2v) is 14.9. The van der Waals surface area contributed by atoms with E-state index in [0.717, 1.165) is 34.2 Å². The molecule has 4 rings (SSSR count). The zero-order valence-corrected chi connectivity index (χ0v) is 28.8. The van der Waals surface area contributed by atoms with E-state index in [1.54, 1.807) is 0 Å².